The number of aryl methyl sites for hydroxylation is 2. The fourth-order valence-electron chi connectivity index (χ4n) is 1.34. The third kappa shape index (κ3) is 1.18. The number of hydrogen-bond acceptors (Lipinski definition) is 3. The van der Waals surface area contributed by atoms with E-state index in [4.69, 9.17) is 0 Å². The summed E-state index contributed by atoms with van der Waals surface area (Å²) in [4.78, 5) is 4.27. The number of pyridine rings is 1. The first-order valence-corrected chi connectivity index (χ1v) is 4.88. The van der Waals surface area contributed by atoms with Crippen LogP contribution in [0.3, 0.4) is 0 Å². The minimum atomic E-state index is 0.760. The molecule has 0 aliphatic heterocycles. The molecule has 2 heterocycles. The van der Waals surface area contributed by atoms with E-state index in [0.717, 1.165) is 31.2 Å². The standard InChI is InChI=1S/C9H10N2OS/c1-5-6(2)11(12)4-8-9(5)13-7(3)10-8/h4H,1-3H3. The van der Waals surface area contributed by atoms with E-state index in [0.29, 0.717) is 0 Å². The van der Waals surface area contributed by atoms with E-state index in [1.54, 1.807) is 17.5 Å². The predicted molar refractivity (Wildman–Crippen MR) is 52.8 cm³/mol. The first-order valence-electron chi connectivity index (χ1n) is 4.06. The van der Waals surface area contributed by atoms with Gasteiger partial charge in [0.2, 0.25) is 6.20 Å². The van der Waals surface area contributed by atoms with Crippen LogP contribution in [0.15, 0.2) is 6.20 Å². The summed E-state index contributed by atoms with van der Waals surface area (Å²) in [7, 11) is 0. The van der Waals surface area contributed by atoms with Crippen molar-refractivity contribution in [3.05, 3.63) is 27.7 Å². The molecular formula is C9H10N2OS. The number of hydrogen-bond donors (Lipinski definition) is 0. The molecule has 0 amide bonds. The monoisotopic (exact) mass is 194 g/mol. The fraction of sp³-hybridized carbons (Fsp3) is 0.333. The molecular weight excluding hydrogens is 184 g/mol. The molecule has 4 heteroatoms. The molecule has 13 heavy (non-hydrogen) atoms. The van der Waals surface area contributed by atoms with Gasteiger partial charge in [-0.3, -0.25) is 0 Å². The van der Waals surface area contributed by atoms with Crippen molar-refractivity contribution in [2.45, 2.75) is 20.8 Å². The summed E-state index contributed by atoms with van der Waals surface area (Å²) in [5.74, 6) is 0. The number of rotatable bonds is 0. The van der Waals surface area contributed by atoms with Crippen LogP contribution in [0.1, 0.15) is 16.3 Å². The molecule has 0 spiro atoms. The minimum absolute atomic E-state index is 0.760. The van der Waals surface area contributed by atoms with Crippen LogP contribution in [-0.4, -0.2) is 4.98 Å². The molecule has 0 unspecified atom stereocenters. The molecule has 2 rings (SSSR count). The van der Waals surface area contributed by atoms with E-state index in [9.17, 15) is 5.21 Å². The van der Waals surface area contributed by atoms with Gasteiger partial charge in [0.15, 0.2) is 5.69 Å². The Hall–Kier alpha value is -1.16. The molecule has 0 saturated carbocycles. The van der Waals surface area contributed by atoms with Crippen LogP contribution in [0.4, 0.5) is 0 Å². The highest BCUT2D eigenvalue weighted by Gasteiger charge is 2.12. The van der Waals surface area contributed by atoms with Gasteiger partial charge in [0, 0.05) is 12.5 Å². The molecule has 0 atom stereocenters. The summed E-state index contributed by atoms with van der Waals surface area (Å²) >= 11 is 1.64. The summed E-state index contributed by atoms with van der Waals surface area (Å²) < 4.78 is 2.01. The molecule has 0 radical (unpaired) electrons. The molecule has 0 saturated heterocycles. The first-order chi connectivity index (χ1) is 6.09. The van der Waals surface area contributed by atoms with Gasteiger partial charge in [-0.2, -0.15) is 4.73 Å². The second kappa shape index (κ2) is 2.67. The van der Waals surface area contributed by atoms with Crippen LogP contribution >= 0.6 is 11.3 Å². The van der Waals surface area contributed by atoms with E-state index in [-0.39, 0.29) is 0 Å². The Balaban J connectivity index is 2.92. The van der Waals surface area contributed by atoms with E-state index in [2.05, 4.69) is 4.98 Å². The summed E-state index contributed by atoms with van der Waals surface area (Å²) in [6, 6.07) is 0. The fourth-order valence-corrected chi connectivity index (χ4v) is 2.28. The van der Waals surface area contributed by atoms with E-state index >= 15 is 0 Å². The lowest BCUT2D eigenvalue weighted by atomic mass is 10.2. The van der Waals surface area contributed by atoms with Gasteiger partial charge in [-0.25, -0.2) is 4.98 Å². The van der Waals surface area contributed by atoms with Gasteiger partial charge < -0.3 is 5.21 Å². The number of nitrogens with zero attached hydrogens (tertiary/aromatic N) is 2. The highest BCUT2D eigenvalue weighted by Crippen LogP contribution is 2.24. The first kappa shape index (κ1) is 8.44. The maximum Gasteiger partial charge on any atom is 0.207 e. The van der Waals surface area contributed by atoms with Crippen molar-refractivity contribution < 1.29 is 4.73 Å². The third-order valence-electron chi connectivity index (χ3n) is 2.21. The van der Waals surface area contributed by atoms with E-state index < -0.39 is 0 Å². The number of aromatic nitrogens is 2. The second-order valence-electron chi connectivity index (χ2n) is 3.11. The Morgan fingerprint density at radius 3 is 2.77 bits per heavy atom. The lowest BCUT2D eigenvalue weighted by molar-refractivity contribution is -0.611. The molecule has 0 bridgehead atoms. The molecule has 3 nitrogen and oxygen atoms in total. The smallest absolute Gasteiger partial charge is 0.207 e. The van der Waals surface area contributed by atoms with Crippen LogP contribution < -0.4 is 4.73 Å². The molecule has 2 aromatic rings. The molecule has 68 valence electrons. The normalized spacial score (nSPS) is 11.0. The third-order valence-corrected chi connectivity index (χ3v) is 3.32. The average Bonchev–Trinajstić information content (AvgIpc) is 2.42. The van der Waals surface area contributed by atoms with E-state index in [1.807, 2.05) is 20.8 Å². The lowest BCUT2D eigenvalue weighted by Crippen LogP contribution is -2.30. The zero-order chi connectivity index (χ0) is 9.59. The zero-order valence-corrected chi connectivity index (χ0v) is 8.60. The number of fused-ring (bicyclic) bond motifs is 1. The molecule has 0 N–H and O–H groups in total. The van der Waals surface area contributed by atoms with Gasteiger partial charge >= 0.3 is 0 Å². The molecule has 2 aromatic heterocycles. The Morgan fingerprint density at radius 1 is 1.38 bits per heavy atom. The predicted octanol–water partition coefficient (Wildman–Crippen LogP) is 1.85. The van der Waals surface area contributed by atoms with Crippen molar-refractivity contribution in [1.29, 1.82) is 0 Å². The topological polar surface area (TPSA) is 39.8 Å². The SMILES string of the molecule is Cc1nc2c[n+]([O-])c(C)c(C)c2s1. The van der Waals surface area contributed by atoms with Crippen molar-refractivity contribution in [2.24, 2.45) is 0 Å². The largest absolute Gasteiger partial charge is 0.618 e. The van der Waals surface area contributed by atoms with E-state index in [1.165, 1.54) is 0 Å². The van der Waals surface area contributed by atoms with Crippen molar-refractivity contribution in [1.82, 2.24) is 4.98 Å². The zero-order valence-electron chi connectivity index (χ0n) is 7.79. The summed E-state index contributed by atoms with van der Waals surface area (Å²) in [6.07, 6.45) is 1.54. The second-order valence-corrected chi connectivity index (χ2v) is 4.32. The van der Waals surface area contributed by atoms with Gasteiger partial charge in [0.25, 0.3) is 0 Å². The molecule has 0 fully saturated rings. The lowest BCUT2D eigenvalue weighted by Gasteiger charge is -2.02. The van der Waals surface area contributed by atoms with Crippen molar-refractivity contribution in [3.8, 4) is 0 Å². The van der Waals surface area contributed by atoms with Crippen molar-refractivity contribution in [2.75, 3.05) is 0 Å². The van der Waals surface area contributed by atoms with Crippen molar-refractivity contribution in [3.63, 3.8) is 0 Å². The summed E-state index contributed by atoms with van der Waals surface area (Å²) in [5.41, 5.74) is 2.61. The summed E-state index contributed by atoms with van der Waals surface area (Å²) in [6.45, 7) is 5.75. The van der Waals surface area contributed by atoms with Gasteiger partial charge in [0.1, 0.15) is 5.52 Å². The quantitative estimate of drug-likeness (QED) is 0.474. The Labute approximate surface area is 80.2 Å². The maximum absolute atomic E-state index is 11.3. The van der Waals surface area contributed by atoms with Crippen LogP contribution in [-0.2, 0) is 0 Å². The minimum Gasteiger partial charge on any atom is -0.618 e. The van der Waals surface area contributed by atoms with Crippen LogP contribution in [0, 0.1) is 26.0 Å². The van der Waals surface area contributed by atoms with Gasteiger partial charge in [0.05, 0.1) is 9.71 Å². The Bertz CT molecular complexity index is 476. The molecule has 0 aliphatic rings. The van der Waals surface area contributed by atoms with Crippen LogP contribution in [0.5, 0.6) is 0 Å². The molecule has 0 aromatic carbocycles. The maximum atomic E-state index is 11.3. The van der Waals surface area contributed by atoms with Gasteiger partial charge in [-0.1, -0.05) is 0 Å². The Kier molecular flexibility index (Phi) is 1.73. The summed E-state index contributed by atoms with van der Waals surface area (Å²) in [5, 5.41) is 12.3. The van der Waals surface area contributed by atoms with Crippen LogP contribution in [0.2, 0.25) is 0 Å². The van der Waals surface area contributed by atoms with Crippen LogP contribution in [0.25, 0.3) is 10.2 Å². The highest BCUT2D eigenvalue weighted by atomic mass is 32.1. The van der Waals surface area contributed by atoms with Crippen molar-refractivity contribution >= 4 is 21.6 Å². The van der Waals surface area contributed by atoms with Gasteiger partial charge in [-0.05, 0) is 13.8 Å². The average molecular weight is 194 g/mol. The number of thiazole rings is 1. The highest BCUT2D eigenvalue weighted by molar-refractivity contribution is 7.18. The van der Waals surface area contributed by atoms with Gasteiger partial charge in [-0.15, -0.1) is 11.3 Å². The Morgan fingerprint density at radius 2 is 2.08 bits per heavy atom. The molecule has 0 aliphatic carbocycles.